The van der Waals surface area contributed by atoms with Crippen molar-refractivity contribution in [2.75, 3.05) is 0 Å². The standard InChI is InChI=1S/C3H6O3.C2H8O3Si/c1-2(4)3(5)6;1-6(2,4)5-3/h2,4H,1H3,(H,5,6);3-4H,1-2H3. The van der Waals surface area contributed by atoms with Crippen molar-refractivity contribution in [2.45, 2.75) is 26.1 Å². The van der Waals surface area contributed by atoms with E-state index in [0.717, 1.165) is 0 Å². The van der Waals surface area contributed by atoms with Gasteiger partial charge in [-0.15, -0.1) is 0 Å². The summed E-state index contributed by atoms with van der Waals surface area (Å²) in [4.78, 5) is 17.9. The van der Waals surface area contributed by atoms with Gasteiger partial charge in [0.15, 0.2) is 0 Å². The van der Waals surface area contributed by atoms with Gasteiger partial charge in [0.2, 0.25) is 0 Å². The fourth-order valence-corrected chi connectivity index (χ4v) is 0. The number of aliphatic hydroxyl groups is 1. The topological polar surface area (TPSA) is 107 Å². The number of rotatable bonds is 2. The van der Waals surface area contributed by atoms with Gasteiger partial charge in [0.25, 0.3) is 0 Å². The second-order valence-corrected chi connectivity index (χ2v) is 5.63. The van der Waals surface area contributed by atoms with Gasteiger partial charge < -0.3 is 15.0 Å². The first-order valence-corrected chi connectivity index (χ1v) is 6.02. The van der Waals surface area contributed by atoms with Gasteiger partial charge in [-0.25, -0.2) is 4.79 Å². The number of carboxylic acids is 1. The van der Waals surface area contributed by atoms with Crippen LogP contribution in [-0.4, -0.2) is 40.9 Å². The van der Waals surface area contributed by atoms with Gasteiger partial charge in [-0.05, 0) is 20.0 Å². The minimum Gasteiger partial charge on any atom is -0.479 e. The Morgan fingerprint density at radius 3 is 1.67 bits per heavy atom. The summed E-state index contributed by atoms with van der Waals surface area (Å²) in [6, 6.07) is 0. The Kier molecular flexibility index (Phi) is 7.14. The van der Waals surface area contributed by atoms with Crippen LogP contribution in [0.5, 0.6) is 0 Å². The molecule has 0 saturated heterocycles. The summed E-state index contributed by atoms with van der Waals surface area (Å²) in [7, 11) is -2.58. The van der Waals surface area contributed by atoms with E-state index in [0.29, 0.717) is 0 Å². The van der Waals surface area contributed by atoms with Crippen molar-refractivity contribution in [3.8, 4) is 0 Å². The van der Waals surface area contributed by atoms with Crippen molar-refractivity contribution in [3.63, 3.8) is 0 Å². The molecule has 0 aliphatic heterocycles. The quantitative estimate of drug-likeness (QED) is 0.274. The molecule has 0 rings (SSSR count). The first-order chi connectivity index (χ1) is 5.20. The third kappa shape index (κ3) is 16.3. The van der Waals surface area contributed by atoms with Gasteiger partial charge in [0.1, 0.15) is 6.10 Å². The highest BCUT2D eigenvalue weighted by Gasteiger charge is 2.17. The Hall–Kier alpha value is -0.473. The van der Waals surface area contributed by atoms with E-state index < -0.39 is 20.6 Å². The molecule has 0 bridgehead atoms. The summed E-state index contributed by atoms with van der Waals surface area (Å²) >= 11 is 0. The molecule has 0 heterocycles. The van der Waals surface area contributed by atoms with E-state index in [2.05, 4.69) is 4.58 Å². The van der Waals surface area contributed by atoms with Crippen LogP contribution in [0.15, 0.2) is 0 Å². The van der Waals surface area contributed by atoms with Gasteiger partial charge >= 0.3 is 14.5 Å². The monoisotopic (exact) mass is 198 g/mol. The summed E-state index contributed by atoms with van der Waals surface area (Å²) in [6.45, 7) is 4.13. The Bertz CT molecular complexity index is 128. The molecule has 0 fully saturated rings. The molecule has 0 aromatic heterocycles. The Morgan fingerprint density at radius 1 is 1.50 bits per heavy atom. The van der Waals surface area contributed by atoms with Gasteiger partial charge in [-0.3, -0.25) is 9.83 Å². The van der Waals surface area contributed by atoms with Crippen LogP contribution in [0, 0.1) is 0 Å². The van der Waals surface area contributed by atoms with Crippen molar-refractivity contribution in [1.29, 1.82) is 0 Å². The zero-order valence-corrected chi connectivity index (χ0v) is 8.18. The van der Waals surface area contributed by atoms with Crippen LogP contribution in [0.25, 0.3) is 0 Å². The third-order valence-corrected chi connectivity index (χ3v) is 1.03. The maximum Gasteiger partial charge on any atom is 0.366 e. The largest absolute Gasteiger partial charge is 0.479 e. The summed E-state index contributed by atoms with van der Waals surface area (Å²) in [5.74, 6) is -1.19. The van der Waals surface area contributed by atoms with Crippen molar-refractivity contribution < 1.29 is 29.6 Å². The third-order valence-electron chi connectivity index (χ3n) is 0.581. The summed E-state index contributed by atoms with van der Waals surface area (Å²) in [5, 5.41) is 23.5. The molecule has 0 radical (unpaired) electrons. The fraction of sp³-hybridized carbons (Fsp3) is 0.800. The average molecular weight is 198 g/mol. The number of hydrogen-bond acceptors (Lipinski definition) is 5. The smallest absolute Gasteiger partial charge is 0.366 e. The van der Waals surface area contributed by atoms with Crippen LogP contribution in [0.3, 0.4) is 0 Å². The maximum atomic E-state index is 9.45. The normalized spacial score (nSPS) is 12.8. The van der Waals surface area contributed by atoms with E-state index in [1.165, 1.54) is 20.0 Å². The molecule has 0 aromatic rings. The van der Waals surface area contributed by atoms with E-state index in [9.17, 15) is 4.79 Å². The van der Waals surface area contributed by atoms with Gasteiger partial charge in [0.05, 0.1) is 0 Å². The Morgan fingerprint density at radius 2 is 1.67 bits per heavy atom. The zero-order valence-electron chi connectivity index (χ0n) is 7.18. The molecule has 0 aliphatic rings. The van der Waals surface area contributed by atoms with E-state index in [1.807, 2.05) is 0 Å². The predicted octanol–water partition coefficient (Wildman–Crippen LogP) is -0.378. The highest BCUT2D eigenvalue weighted by atomic mass is 28.4. The van der Waals surface area contributed by atoms with E-state index in [1.54, 1.807) is 0 Å². The van der Waals surface area contributed by atoms with Gasteiger partial charge in [0, 0.05) is 0 Å². The number of aliphatic hydroxyl groups excluding tert-OH is 1. The molecule has 0 amide bonds. The van der Waals surface area contributed by atoms with Crippen molar-refractivity contribution in [3.05, 3.63) is 0 Å². The second-order valence-electron chi connectivity index (χ2n) is 2.55. The second kappa shape index (κ2) is 6.09. The molecule has 4 N–H and O–H groups in total. The van der Waals surface area contributed by atoms with Crippen LogP contribution in [0.2, 0.25) is 13.1 Å². The number of aliphatic carboxylic acids is 1. The van der Waals surface area contributed by atoms with Crippen molar-refractivity contribution in [2.24, 2.45) is 0 Å². The Balaban J connectivity index is 0. The van der Waals surface area contributed by atoms with Crippen molar-refractivity contribution >= 4 is 14.5 Å². The molecule has 0 aromatic carbocycles. The average Bonchev–Trinajstić information content (AvgIpc) is 1.87. The molecule has 6 nitrogen and oxygen atoms in total. The lowest BCUT2D eigenvalue weighted by atomic mass is 10.4. The van der Waals surface area contributed by atoms with Crippen molar-refractivity contribution in [1.82, 2.24) is 0 Å². The minimum atomic E-state index is -2.58. The van der Waals surface area contributed by atoms with Gasteiger partial charge in [-0.1, -0.05) is 0 Å². The lowest BCUT2D eigenvalue weighted by molar-refractivity contribution is -0.164. The highest BCUT2D eigenvalue weighted by Crippen LogP contribution is 1.91. The molecule has 1 unspecified atom stereocenters. The molecule has 12 heavy (non-hydrogen) atoms. The SMILES string of the molecule is CC(O)C(=O)O.C[Si](C)(O)OO. The zero-order chi connectivity index (χ0) is 10.4. The summed E-state index contributed by atoms with van der Waals surface area (Å²) in [6.07, 6.45) is -1.23. The van der Waals surface area contributed by atoms with Crippen LogP contribution in [0.1, 0.15) is 6.92 Å². The Labute approximate surface area is 71.2 Å². The lowest BCUT2D eigenvalue weighted by Gasteiger charge is -2.04. The lowest BCUT2D eigenvalue weighted by Crippen LogP contribution is -2.27. The van der Waals surface area contributed by atoms with E-state index in [-0.39, 0.29) is 0 Å². The van der Waals surface area contributed by atoms with Crippen LogP contribution >= 0.6 is 0 Å². The maximum absolute atomic E-state index is 9.45. The van der Waals surface area contributed by atoms with E-state index >= 15 is 0 Å². The molecular weight excluding hydrogens is 184 g/mol. The summed E-state index contributed by atoms with van der Waals surface area (Å²) < 4.78 is 3.63. The van der Waals surface area contributed by atoms with Crippen LogP contribution in [-0.2, 0) is 9.37 Å². The molecule has 7 heteroatoms. The molecule has 0 aliphatic carbocycles. The molecule has 0 saturated carbocycles. The fourth-order valence-electron chi connectivity index (χ4n) is 0. The van der Waals surface area contributed by atoms with Crippen LogP contribution in [0.4, 0.5) is 0 Å². The number of carbonyl (C=O) groups is 1. The minimum absolute atomic E-state index is 1.19. The van der Waals surface area contributed by atoms with E-state index in [4.69, 9.17) is 20.3 Å². The van der Waals surface area contributed by atoms with Gasteiger partial charge in [-0.2, -0.15) is 0 Å². The molecule has 1 atom stereocenters. The first kappa shape index (κ1) is 14.1. The highest BCUT2D eigenvalue weighted by molar-refractivity contribution is 6.62. The number of hydrogen-bond donors (Lipinski definition) is 4. The molecule has 0 spiro atoms. The summed E-state index contributed by atoms with van der Waals surface area (Å²) in [5.41, 5.74) is 0. The molecule has 74 valence electrons. The van der Waals surface area contributed by atoms with Crippen LogP contribution < -0.4 is 0 Å². The number of carboxylic acid groups (broad SMARTS) is 1. The molecular formula is C5H14O6Si. The first-order valence-electron chi connectivity index (χ1n) is 3.16. The predicted molar refractivity (Wildman–Crippen MR) is 42.7 cm³/mol.